The van der Waals surface area contributed by atoms with Crippen LogP contribution >= 0.6 is 0 Å². The first kappa shape index (κ1) is 16.3. The highest BCUT2D eigenvalue weighted by molar-refractivity contribution is 5.95. The molecular formula is C16H18F3NO3. The molecule has 0 spiro atoms. The molecule has 2 aliphatic rings. The van der Waals surface area contributed by atoms with Crippen LogP contribution in [0.1, 0.15) is 24.8 Å². The van der Waals surface area contributed by atoms with Gasteiger partial charge in [0, 0.05) is 13.2 Å². The minimum absolute atomic E-state index is 0.0141. The number of fused-ring (bicyclic) bond motifs is 1. The molecule has 0 unspecified atom stereocenters. The third-order valence-electron chi connectivity index (χ3n) is 4.17. The molecule has 7 heteroatoms. The first-order chi connectivity index (χ1) is 11.1. The van der Waals surface area contributed by atoms with Gasteiger partial charge in [-0.25, -0.2) is 13.2 Å². The van der Waals surface area contributed by atoms with Gasteiger partial charge in [-0.2, -0.15) is 0 Å². The molecule has 23 heavy (non-hydrogen) atoms. The molecule has 1 aromatic rings. The van der Waals surface area contributed by atoms with Gasteiger partial charge in [-0.05, 0) is 37.3 Å². The molecular weight excluding hydrogens is 311 g/mol. The number of hydrogen-bond acceptors (Lipinski definition) is 3. The molecule has 0 radical (unpaired) electrons. The largest absolute Gasteiger partial charge is 0.376 e. The van der Waals surface area contributed by atoms with Crippen molar-refractivity contribution in [1.29, 1.82) is 0 Å². The monoisotopic (exact) mass is 329 g/mol. The average molecular weight is 329 g/mol. The average Bonchev–Trinajstić information content (AvgIpc) is 3.05. The van der Waals surface area contributed by atoms with E-state index < -0.39 is 23.4 Å². The first-order valence-electron chi connectivity index (χ1n) is 7.74. The summed E-state index contributed by atoms with van der Waals surface area (Å²) in [5.41, 5.74) is 0.140. The van der Waals surface area contributed by atoms with Gasteiger partial charge in [0.25, 0.3) is 5.91 Å². The van der Waals surface area contributed by atoms with Gasteiger partial charge in [0.1, 0.15) is 6.61 Å². The topological polar surface area (TPSA) is 38.8 Å². The standard InChI is InChI=1S/C16H18F3NO3/c17-12-7-10-3-1-5-20(16(10)15(19)14(12)18)13(21)9-22-8-11-4-2-6-23-11/h7,11H,1-6,8-9H2/t11-/m1/s1. The van der Waals surface area contributed by atoms with Crippen molar-refractivity contribution >= 4 is 11.6 Å². The number of carbonyl (C=O) groups excluding carboxylic acids is 1. The van der Waals surface area contributed by atoms with Gasteiger partial charge in [-0.15, -0.1) is 0 Å². The lowest BCUT2D eigenvalue weighted by molar-refractivity contribution is -0.124. The van der Waals surface area contributed by atoms with Crippen LogP contribution < -0.4 is 4.90 Å². The Hall–Kier alpha value is -1.60. The molecule has 0 aliphatic carbocycles. The van der Waals surface area contributed by atoms with E-state index >= 15 is 0 Å². The summed E-state index contributed by atoms with van der Waals surface area (Å²) in [6.45, 7) is 1.01. The van der Waals surface area contributed by atoms with Crippen LogP contribution in [0.25, 0.3) is 0 Å². The predicted octanol–water partition coefficient (Wildman–Crippen LogP) is 2.58. The van der Waals surface area contributed by atoms with Crippen molar-refractivity contribution in [3.8, 4) is 0 Å². The second-order valence-electron chi connectivity index (χ2n) is 5.79. The van der Waals surface area contributed by atoms with E-state index in [2.05, 4.69) is 0 Å². The number of aryl methyl sites for hydroxylation is 1. The van der Waals surface area contributed by atoms with E-state index in [1.165, 1.54) is 0 Å². The van der Waals surface area contributed by atoms with Gasteiger partial charge in [-0.1, -0.05) is 0 Å². The summed E-state index contributed by atoms with van der Waals surface area (Å²) in [6, 6.07) is 0.959. The van der Waals surface area contributed by atoms with Gasteiger partial charge in [0.15, 0.2) is 17.5 Å². The minimum atomic E-state index is -1.55. The highest BCUT2D eigenvalue weighted by Gasteiger charge is 2.29. The van der Waals surface area contributed by atoms with Crippen LogP contribution in [0.3, 0.4) is 0 Å². The molecule has 1 amide bonds. The van der Waals surface area contributed by atoms with Gasteiger partial charge < -0.3 is 14.4 Å². The maximum absolute atomic E-state index is 14.1. The Morgan fingerprint density at radius 3 is 2.87 bits per heavy atom. The number of nitrogens with zero attached hydrogens (tertiary/aromatic N) is 1. The quantitative estimate of drug-likeness (QED) is 0.797. The summed E-state index contributed by atoms with van der Waals surface area (Å²) in [5, 5.41) is 0. The zero-order valence-corrected chi connectivity index (χ0v) is 12.6. The normalized spacial score (nSPS) is 20.7. The molecule has 126 valence electrons. The Morgan fingerprint density at radius 2 is 2.13 bits per heavy atom. The lowest BCUT2D eigenvalue weighted by atomic mass is 10.0. The molecule has 0 aromatic heterocycles. The SMILES string of the molecule is O=C(COC[C@H]1CCCO1)N1CCCc2cc(F)c(F)c(F)c21. The molecule has 4 nitrogen and oxygen atoms in total. The van der Waals surface area contributed by atoms with Gasteiger partial charge >= 0.3 is 0 Å². The van der Waals surface area contributed by atoms with E-state index in [1.54, 1.807) is 0 Å². The smallest absolute Gasteiger partial charge is 0.253 e. The summed E-state index contributed by atoms with van der Waals surface area (Å²) in [6.07, 6.45) is 2.82. The van der Waals surface area contributed by atoms with Crippen molar-refractivity contribution in [3.05, 3.63) is 29.1 Å². The summed E-state index contributed by atoms with van der Waals surface area (Å²) in [7, 11) is 0. The molecule has 1 fully saturated rings. The molecule has 2 aliphatic heterocycles. The predicted molar refractivity (Wildman–Crippen MR) is 76.8 cm³/mol. The molecule has 2 heterocycles. The summed E-state index contributed by atoms with van der Waals surface area (Å²) >= 11 is 0. The van der Waals surface area contributed by atoms with Crippen LogP contribution in [0.15, 0.2) is 6.07 Å². The third kappa shape index (κ3) is 3.35. The fourth-order valence-corrected chi connectivity index (χ4v) is 3.04. The van der Waals surface area contributed by atoms with Crippen LogP contribution in [0.4, 0.5) is 18.9 Å². The number of halogens is 3. The molecule has 3 rings (SSSR count). The number of carbonyl (C=O) groups is 1. The minimum Gasteiger partial charge on any atom is -0.376 e. The second kappa shape index (κ2) is 6.88. The fraction of sp³-hybridized carbons (Fsp3) is 0.562. The molecule has 1 saturated heterocycles. The molecule has 1 aromatic carbocycles. The number of benzene rings is 1. The van der Waals surface area contributed by atoms with Crippen molar-refractivity contribution in [2.45, 2.75) is 31.8 Å². The molecule has 1 atom stereocenters. The maximum atomic E-state index is 14.1. The molecule has 0 saturated carbocycles. The number of hydrogen-bond donors (Lipinski definition) is 0. The summed E-state index contributed by atoms with van der Waals surface area (Å²) < 4.78 is 51.6. The van der Waals surface area contributed by atoms with E-state index in [-0.39, 0.29) is 24.9 Å². The number of ether oxygens (including phenoxy) is 2. The van der Waals surface area contributed by atoms with Crippen LogP contribution in [0.5, 0.6) is 0 Å². The van der Waals surface area contributed by atoms with Crippen molar-refractivity contribution in [2.75, 3.05) is 31.3 Å². The van der Waals surface area contributed by atoms with Crippen LogP contribution in [-0.2, 0) is 20.7 Å². The highest BCUT2D eigenvalue weighted by atomic mass is 19.2. The Morgan fingerprint density at radius 1 is 1.30 bits per heavy atom. The van der Waals surface area contributed by atoms with E-state index in [0.717, 1.165) is 23.8 Å². The first-order valence-corrected chi connectivity index (χ1v) is 7.74. The summed E-state index contributed by atoms with van der Waals surface area (Å²) in [5.74, 6) is -4.56. The maximum Gasteiger partial charge on any atom is 0.253 e. The third-order valence-corrected chi connectivity index (χ3v) is 4.17. The van der Waals surface area contributed by atoms with Gasteiger partial charge in [0.05, 0.1) is 18.4 Å². The van der Waals surface area contributed by atoms with E-state index in [9.17, 15) is 18.0 Å². The van der Waals surface area contributed by atoms with Crippen LogP contribution in [0, 0.1) is 17.5 Å². The Kier molecular flexibility index (Phi) is 4.87. The zero-order valence-electron chi connectivity index (χ0n) is 12.6. The van der Waals surface area contributed by atoms with Gasteiger partial charge in [0.2, 0.25) is 0 Å². The van der Waals surface area contributed by atoms with E-state index in [1.807, 2.05) is 0 Å². The van der Waals surface area contributed by atoms with Crippen molar-refractivity contribution < 1.29 is 27.4 Å². The Labute approximate surface area is 132 Å². The van der Waals surface area contributed by atoms with E-state index in [0.29, 0.717) is 31.6 Å². The lowest BCUT2D eigenvalue weighted by Gasteiger charge is -2.30. The van der Waals surface area contributed by atoms with Crippen LogP contribution in [-0.4, -0.2) is 38.4 Å². The number of amides is 1. The fourth-order valence-electron chi connectivity index (χ4n) is 3.04. The van der Waals surface area contributed by atoms with Crippen molar-refractivity contribution in [3.63, 3.8) is 0 Å². The lowest BCUT2D eigenvalue weighted by Crippen LogP contribution is -2.39. The second-order valence-corrected chi connectivity index (χ2v) is 5.79. The zero-order chi connectivity index (χ0) is 16.4. The number of rotatable bonds is 4. The van der Waals surface area contributed by atoms with Crippen LogP contribution in [0.2, 0.25) is 0 Å². The number of anilines is 1. The van der Waals surface area contributed by atoms with Crippen molar-refractivity contribution in [2.24, 2.45) is 0 Å². The summed E-state index contributed by atoms with van der Waals surface area (Å²) in [4.78, 5) is 13.4. The Bertz CT molecular complexity index is 603. The molecule has 0 bridgehead atoms. The van der Waals surface area contributed by atoms with Crippen molar-refractivity contribution in [1.82, 2.24) is 0 Å². The van der Waals surface area contributed by atoms with Gasteiger partial charge in [-0.3, -0.25) is 4.79 Å². The highest BCUT2D eigenvalue weighted by Crippen LogP contribution is 2.33. The van der Waals surface area contributed by atoms with E-state index in [4.69, 9.17) is 9.47 Å². The molecule has 0 N–H and O–H groups in total. The Balaban J connectivity index is 1.69.